The standard InChI is InChI=1S/C12H14BrCl2NO/c1-3-12(2,7-14)16-11(17)8-4-5-9(13)10(15)6-8/h4-6H,3,7H2,1-2H3,(H,16,17). The molecule has 0 aromatic heterocycles. The summed E-state index contributed by atoms with van der Waals surface area (Å²) >= 11 is 15.1. The van der Waals surface area contributed by atoms with E-state index in [1.807, 2.05) is 13.8 Å². The molecule has 1 aromatic rings. The van der Waals surface area contributed by atoms with E-state index in [1.165, 1.54) is 0 Å². The molecule has 2 nitrogen and oxygen atoms in total. The summed E-state index contributed by atoms with van der Waals surface area (Å²) in [6, 6.07) is 5.10. The molecule has 1 N–H and O–H groups in total. The first kappa shape index (κ1) is 14.8. The Bertz CT molecular complexity index is 419. The summed E-state index contributed by atoms with van der Waals surface area (Å²) in [6.45, 7) is 3.90. The molecule has 0 spiro atoms. The second kappa shape index (κ2) is 6.07. The predicted octanol–water partition coefficient (Wildman–Crippen LogP) is 4.24. The molecule has 1 aromatic carbocycles. The molecule has 17 heavy (non-hydrogen) atoms. The van der Waals surface area contributed by atoms with E-state index in [1.54, 1.807) is 18.2 Å². The van der Waals surface area contributed by atoms with Crippen LogP contribution in [0.25, 0.3) is 0 Å². The zero-order chi connectivity index (χ0) is 13.1. The summed E-state index contributed by atoms with van der Waals surface area (Å²) in [5.74, 6) is 0.212. The number of benzene rings is 1. The van der Waals surface area contributed by atoms with Crippen LogP contribution < -0.4 is 5.32 Å². The van der Waals surface area contributed by atoms with E-state index < -0.39 is 5.54 Å². The fourth-order valence-corrected chi connectivity index (χ4v) is 1.88. The molecule has 0 saturated heterocycles. The third-order valence-corrected chi connectivity index (χ3v) is 4.49. The predicted molar refractivity (Wildman–Crippen MR) is 76.0 cm³/mol. The van der Waals surface area contributed by atoms with Crippen molar-refractivity contribution in [3.8, 4) is 0 Å². The fraction of sp³-hybridized carbons (Fsp3) is 0.417. The smallest absolute Gasteiger partial charge is 0.251 e. The van der Waals surface area contributed by atoms with E-state index in [0.29, 0.717) is 16.5 Å². The van der Waals surface area contributed by atoms with Crippen LogP contribution in [0.2, 0.25) is 5.02 Å². The van der Waals surface area contributed by atoms with Crippen LogP contribution in [0.3, 0.4) is 0 Å². The number of nitrogens with one attached hydrogen (secondary N) is 1. The number of hydrogen-bond acceptors (Lipinski definition) is 1. The molecule has 0 radical (unpaired) electrons. The summed E-state index contributed by atoms with van der Waals surface area (Å²) in [5.41, 5.74) is 0.140. The monoisotopic (exact) mass is 337 g/mol. The number of carbonyl (C=O) groups excluding carboxylic acids is 1. The molecule has 0 saturated carbocycles. The van der Waals surface area contributed by atoms with Gasteiger partial charge in [0.1, 0.15) is 0 Å². The van der Waals surface area contributed by atoms with Crippen molar-refractivity contribution >= 4 is 45.0 Å². The quantitative estimate of drug-likeness (QED) is 0.817. The van der Waals surface area contributed by atoms with E-state index in [-0.39, 0.29) is 5.91 Å². The number of alkyl halides is 1. The van der Waals surface area contributed by atoms with Gasteiger partial charge < -0.3 is 5.32 Å². The minimum Gasteiger partial charge on any atom is -0.346 e. The number of rotatable bonds is 4. The third kappa shape index (κ3) is 3.87. The Labute approximate surface area is 120 Å². The van der Waals surface area contributed by atoms with Crippen LogP contribution in [0.5, 0.6) is 0 Å². The molecule has 1 rings (SSSR count). The highest BCUT2D eigenvalue weighted by atomic mass is 79.9. The molecule has 0 bridgehead atoms. The molecule has 1 unspecified atom stereocenters. The van der Waals surface area contributed by atoms with Gasteiger partial charge in [0.05, 0.1) is 10.6 Å². The Hall–Kier alpha value is -0.250. The van der Waals surface area contributed by atoms with Gasteiger partial charge in [0, 0.05) is 15.9 Å². The first-order valence-electron chi connectivity index (χ1n) is 5.25. The van der Waals surface area contributed by atoms with Gasteiger partial charge in [-0.3, -0.25) is 4.79 Å². The van der Waals surface area contributed by atoms with Crippen LogP contribution in [0.4, 0.5) is 0 Å². The molecule has 1 amide bonds. The summed E-state index contributed by atoms with van der Waals surface area (Å²) < 4.78 is 0.770. The van der Waals surface area contributed by atoms with Crippen LogP contribution in [-0.4, -0.2) is 17.3 Å². The van der Waals surface area contributed by atoms with Gasteiger partial charge in [-0.05, 0) is 47.5 Å². The molecule has 0 aliphatic heterocycles. The van der Waals surface area contributed by atoms with Crippen LogP contribution in [-0.2, 0) is 0 Å². The highest BCUT2D eigenvalue weighted by Crippen LogP contribution is 2.23. The summed E-state index contributed by atoms with van der Waals surface area (Å²) in [4.78, 5) is 12.0. The van der Waals surface area contributed by atoms with Crippen molar-refractivity contribution in [3.05, 3.63) is 33.3 Å². The third-order valence-electron chi connectivity index (χ3n) is 2.67. The van der Waals surface area contributed by atoms with E-state index in [4.69, 9.17) is 23.2 Å². The van der Waals surface area contributed by atoms with Crippen molar-refractivity contribution < 1.29 is 4.79 Å². The Kier molecular flexibility index (Phi) is 5.29. The van der Waals surface area contributed by atoms with Crippen molar-refractivity contribution in [1.82, 2.24) is 5.32 Å². The average Bonchev–Trinajstić information content (AvgIpc) is 2.32. The minimum absolute atomic E-state index is 0.163. The molecule has 0 fully saturated rings. The lowest BCUT2D eigenvalue weighted by atomic mass is 10.0. The molecule has 0 aliphatic carbocycles. The maximum absolute atomic E-state index is 12.0. The van der Waals surface area contributed by atoms with Gasteiger partial charge in [0.15, 0.2) is 0 Å². The van der Waals surface area contributed by atoms with Crippen molar-refractivity contribution in [3.63, 3.8) is 0 Å². The molecule has 94 valence electrons. The van der Waals surface area contributed by atoms with Gasteiger partial charge in [-0.15, -0.1) is 11.6 Å². The molecule has 0 aliphatic rings. The van der Waals surface area contributed by atoms with Crippen molar-refractivity contribution in [2.24, 2.45) is 0 Å². The van der Waals surface area contributed by atoms with Crippen molar-refractivity contribution in [2.45, 2.75) is 25.8 Å². The normalized spacial score (nSPS) is 14.2. The highest BCUT2D eigenvalue weighted by molar-refractivity contribution is 9.10. The Morgan fingerprint density at radius 2 is 2.18 bits per heavy atom. The minimum atomic E-state index is -0.391. The maximum atomic E-state index is 12.0. The summed E-state index contributed by atoms with van der Waals surface area (Å²) in [7, 11) is 0. The lowest BCUT2D eigenvalue weighted by molar-refractivity contribution is 0.0912. The number of hydrogen-bond donors (Lipinski definition) is 1. The second-order valence-electron chi connectivity index (χ2n) is 4.13. The number of carbonyl (C=O) groups is 1. The Balaban J connectivity index is 2.86. The van der Waals surface area contributed by atoms with E-state index in [0.717, 1.165) is 10.9 Å². The zero-order valence-electron chi connectivity index (χ0n) is 9.69. The van der Waals surface area contributed by atoms with Crippen LogP contribution in [0.15, 0.2) is 22.7 Å². The van der Waals surface area contributed by atoms with Gasteiger partial charge in [0.25, 0.3) is 5.91 Å². The molecular weight excluding hydrogens is 325 g/mol. The molecule has 5 heteroatoms. The van der Waals surface area contributed by atoms with Gasteiger partial charge in [-0.25, -0.2) is 0 Å². The largest absolute Gasteiger partial charge is 0.346 e. The first-order valence-corrected chi connectivity index (χ1v) is 6.96. The highest BCUT2D eigenvalue weighted by Gasteiger charge is 2.23. The van der Waals surface area contributed by atoms with E-state index in [9.17, 15) is 4.79 Å². The maximum Gasteiger partial charge on any atom is 0.251 e. The van der Waals surface area contributed by atoms with Gasteiger partial charge in [-0.2, -0.15) is 0 Å². The first-order chi connectivity index (χ1) is 7.91. The molecular formula is C12H14BrCl2NO. The SMILES string of the molecule is CCC(C)(CCl)NC(=O)c1ccc(Br)c(Cl)c1. The lowest BCUT2D eigenvalue weighted by Crippen LogP contribution is -2.47. The van der Waals surface area contributed by atoms with Crippen LogP contribution in [0, 0.1) is 0 Å². The lowest BCUT2D eigenvalue weighted by Gasteiger charge is -2.27. The second-order valence-corrected chi connectivity index (χ2v) is 5.66. The molecule has 1 atom stereocenters. The van der Waals surface area contributed by atoms with Gasteiger partial charge in [0.2, 0.25) is 0 Å². The van der Waals surface area contributed by atoms with Crippen molar-refractivity contribution in [2.75, 3.05) is 5.88 Å². The van der Waals surface area contributed by atoms with Gasteiger partial charge >= 0.3 is 0 Å². The summed E-state index contributed by atoms with van der Waals surface area (Å²) in [6.07, 6.45) is 0.770. The van der Waals surface area contributed by atoms with E-state index >= 15 is 0 Å². The van der Waals surface area contributed by atoms with Crippen molar-refractivity contribution in [1.29, 1.82) is 0 Å². The Morgan fingerprint density at radius 1 is 1.53 bits per heavy atom. The molecule has 0 heterocycles. The zero-order valence-corrected chi connectivity index (χ0v) is 12.8. The number of halogens is 3. The van der Waals surface area contributed by atoms with E-state index in [2.05, 4.69) is 21.2 Å². The number of amides is 1. The topological polar surface area (TPSA) is 29.1 Å². The average molecular weight is 339 g/mol. The van der Waals surface area contributed by atoms with Gasteiger partial charge in [-0.1, -0.05) is 18.5 Å². The van der Waals surface area contributed by atoms with Crippen LogP contribution in [0.1, 0.15) is 30.6 Å². The Morgan fingerprint density at radius 3 is 2.65 bits per heavy atom. The summed E-state index contributed by atoms with van der Waals surface area (Å²) in [5, 5.41) is 3.43. The van der Waals surface area contributed by atoms with Crippen LogP contribution >= 0.6 is 39.1 Å². The fourth-order valence-electron chi connectivity index (χ4n) is 1.20.